The van der Waals surface area contributed by atoms with E-state index >= 15 is 0 Å². The molecule has 1 aromatic rings. The summed E-state index contributed by atoms with van der Waals surface area (Å²) in [6.45, 7) is 0.943. The molecule has 3 heteroatoms. The summed E-state index contributed by atoms with van der Waals surface area (Å²) in [5.74, 6) is 1.05. The predicted octanol–water partition coefficient (Wildman–Crippen LogP) is 3.06. The monoisotopic (exact) mass is 293 g/mol. The molecule has 0 saturated heterocycles. The van der Waals surface area contributed by atoms with Crippen molar-refractivity contribution in [2.45, 2.75) is 31.4 Å². The van der Waals surface area contributed by atoms with E-state index in [4.69, 9.17) is 4.74 Å². The van der Waals surface area contributed by atoms with Gasteiger partial charge in [-0.05, 0) is 36.6 Å². The Bertz CT molecular complexity index is 436. The van der Waals surface area contributed by atoms with Crippen LogP contribution in [0.2, 0.25) is 0 Å². The molecule has 0 amide bonds. The molecule has 0 spiro atoms. The van der Waals surface area contributed by atoms with Gasteiger partial charge < -0.3 is 10.1 Å². The molecule has 1 unspecified atom stereocenters. The second kappa shape index (κ2) is 4.83. The van der Waals surface area contributed by atoms with Gasteiger partial charge >= 0.3 is 0 Å². The Hall–Kier alpha value is -0.800. The first-order chi connectivity index (χ1) is 8.31. The highest BCUT2D eigenvalue weighted by Gasteiger charge is 2.23. The molecule has 1 aliphatic heterocycles. The van der Waals surface area contributed by atoms with Gasteiger partial charge in [-0.3, -0.25) is 0 Å². The van der Waals surface area contributed by atoms with E-state index in [1.807, 2.05) is 6.07 Å². The predicted molar refractivity (Wildman–Crippen MR) is 72.4 cm³/mol. The molecule has 0 fully saturated rings. The van der Waals surface area contributed by atoms with Crippen molar-refractivity contribution < 1.29 is 4.74 Å². The van der Waals surface area contributed by atoms with Gasteiger partial charge in [-0.25, -0.2) is 0 Å². The molecule has 1 heterocycles. The summed E-state index contributed by atoms with van der Waals surface area (Å²) < 4.78 is 7.05. The molecule has 1 aromatic carbocycles. The summed E-state index contributed by atoms with van der Waals surface area (Å²) in [7, 11) is 0. The van der Waals surface area contributed by atoms with Crippen molar-refractivity contribution in [3.05, 3.63) is 40.4 Å². The Balaban J connectivity index is 1.55. The lowest BCUT2D eigenvalue weighted by molar-refractivity contribution is 0.222. The smallest absolute Gasteiger partial charge is 0.123 e. The maximum Gasteiger partial charge on any atom is 0.123 e. The number of fused-ring (bicyclic) bond motifs is 1. The molecule has 1 N–H and O–H groups in total. The van der Waals surface area contributed by atoms with Crippen LogP contribution in [0.1, 0.15) is 18.4 Å². The van der Waals surface area contributed by atoms with E-state index in [0.29, 0.717) is 12.1 Å². The molecule has 90 valence electrons. The van der Waals surface area contributed by atoms with Crippen LogP contribution in [0, 0.1) is 0 Å². The van der Waals surface area contributed by atoms with Gasteiger partial charge in [0, 0.05) is 23.5 Å². The number of rotatable bonds is 3. The van der Waals surface area contributed by atoms with Crippen LogP contribution in [-0.4, -0.2) is 18.7 Å². The van der Waals surface area contributed by atoms with Crippen molar-refractivity contribution in [2.75, 3.05) is 6.54 Å². The van der Waals surface area contributed by atoms with Gasteiger partial charge in [0.15, 0.2) is 0 Å². The van der Waals surface area contributed by atoms with Gasteiger partial charge in [-0.2, -0.15) is 0 Å². The Morgan fingerprint density at radius 2 is 2.12 bits per heavy atom. The summed E-state index contributed by atoms with van der Waals surface area (Å²) in [4.78, 5) is 0. The molecule has 0 bridgehead atoms. The third-order valence-electron chi connectivity index (χ3n) is 3.41. The quantitative estimate of drug-likeness (QED) is 0.865. The molecule has 0 aromatic heterocycles. The van der Waals surface area contributed by atoms with Crippen molar-refractivity contribution in [3.8, 4) is 5.75 Å². The summed E-state index contributed by atoms with van der Waals surface area (Å²) in [5.41, 5.74) is 1.32. The second-order valence-corrected chi connectivity index (χ2v) is 5.66. The van der Waals surface area contributed by atoms with Crippen LogP contribution in [0.3, 0.4) is 0 Å². The van der Waals surface area contributed by atoms with Crippen LogP contribution < -0.4 is 10.1 Å². The van der Waals surface area contributed by atoms with Crippen LogP contribution in [0.5, 0.6) is 5.75 Å². The second-order valence-electron chi connectivity index (χ2n) is 4.74. The third-order valence-corrected chi connectivity index (χ3v) is 3.90. The first-order valence-corrected chi connectivity index (χ1v) is 6.94. The first kappa shape index (κ1) is 11.3. The first-order valence-electron chi connectivity index (χ1n) is 6.15. The van der Waals surface area contributed by atoms with Crippen molar-refractivity contribution >= 4 is 15.9 Å². The molecule has 0 radical (unpaired) electrons. The number of nitrogens with one attached hydrogen (secondary N) is 1. The number of hydrogen-bond donors (Lipinski definition) is 1. The Morgan fingerprint density at radius 3 is 2.94 bits per heavy atom. The third kappa shape index (κ3) is 2.55. The Morgan fingerprint density at radius 1 is 1.29 bits per heavy atom. The van der Waals surface area contributed by atoms with E-state index in [1.165, 1.54) is 5.56 Å². The largest absolute Gasteiger partial charge is 0.488 e. The zero-order chi connectivity index (χ0) is 11.7. The standard InChI is InChI=1S/C14H16BrNO/c15-11-5-6-14-10(7-11)8-13(17-14)9-16-12-3-1-2-4-12/h1-2,5-7,12-13,16H,3-4,8-9H2. The van der Waals surface area contributed by atoms with E-state index in [0.717, 1.165) is 36.0 Å². The van der Waals surface area contributed by atoms with Crippen molar-refractivity contribution in [1.82, 2.24) is 5.32 Å². The van der Waals surface area contributed by atoms with Crippen LogP contribution in [0.15, 0.2) is 34.8 Å². The lowest BCUT2D eigenvalue weighted by Crippen LogP contribution is -2.36. The van der Waals surface area contributed by atoms with E-state index in [2.05, 4.69) is 45.5 Å². The van der Waals surface area contributed by atoms with Crippen LogP contribution in [-0.2, 0) is 6.42 Å². The fraction of sp³-hybridized carbons (Fsp3) is 0.429. The van der Waals surface area contributed by atoms with Gasteiger partial charge in [-0.1, -0.05) is 28.1 Å². The number of ether oxygens (including phenoxy) is 1. The minimum absolute atomic E-state index is 0.292. The van der Waals surface area contributed by atoms with E-state index < -0.39 is 0 Å². The molecule has 1 aliphatic carbocycles. The number of hydrogen-bond acceptors (Lipinski definition) is 2. The van der Waals surface area contributed by atoms with E-state index in [9.17, 15) is 0 Å². The minimum atomic E-state index is 0.292. The van der Waals surface area contributed by atoms with Crippen LogP contribution >= 0.6 is 15.9 Å². The molecule has 3 rings (SSSR count). The normalized spacial score (nSPS) is 22.8. The number of benzene rings is 1. The maximum absolute atomic E-state index is 5.92. The van der Waals surface area contributed by atoms with Crippen molar-refractivity contribution in [1.29, 1.82) is 0 Å². The lowest BCUT2D eigenvalue weighted by Gasteiger charge is -2.16. The molecular formula is C14H16BrNO. The summed E-state index contributed by atoms with van der Waals surface area (Å²) >= 11 is 3.50. The Labute approximate surface area is 110 Å². The fourth-order valence-corrected chi connectivity index (χ4v) is 2.89. The molecule has 0 saturated carbocycles. The van der Waals surface area contributed by atoms with Crippen LogP contribution in [0.4, 0.5) is 0 Å². The minimum Gasteiger partial charge on any atom is -0.488 e. The highest BCUT2D eigenvalue weighted by atomic mass is 79.9. The van der Waals surface area contributed by atoms with Gasteiger partial charge in [0.05, 0.1) is 0 Å². The maximum atomic E-state index is 5.92. The van der Waals surface area contributed by atoms with Gasteiger partial charge in [0.25, 0.3) is 0 Å². The van der Waals surface area contributed by atoms with Gasteiger partial charge in [0.2, 0.25) is 0 Å². The summed E-state index contributed by atoms with van der Waals surface area (Å²) in [6, 6.07) is 6.87. The average molecular weight is 294 g/mol. The van der Waals surface area contributed by atoms with Crippen LogP contribution in [0.25, 0.3) is 0 Å². The van der Waals surface area contributed by atoms with E-state index in [1.54, 1.807) is 0 Å². The molecule has 17 heavy (non-hydrogen) atoms. The summed E-state index contributed by atoms with van der Waals surface area (Å²) in [6.07, 6.45) is 8.12. The molecule has 2 aliphatic rings. The van der Waals surface area contributed by atoms with Gasteiger partial charge in [-0.15, -0.1) is 0 Å². The lowest BCUT2D eigenvalue weighted by atomic mass is 10.1. The molecular weight excluding hydrogens is 278 g/mol. The SMILES string of the molecule is Brc1ccc2c(c1)CC(CNC1CC=CC1)O2. The highest BCUT2D eigenvalue weighted by molar-refractivity contribution is 9.10. The fourth-order valence-electron chi connectivity index (χ4n) is 2.48. The summed E-state index contributed by atoms with van der Waals surface area (Å²) in [5, 5.41) is 3.57. The van der Waals surface area contributed by atoms with Gasteiger partial charge in [0.1, 0.15) is 11.9 Å². The Kier molecular flexibility index (Phi) is 3.21. The number of halogens is 1. The van der Waals surface area contributed by atoms with Crippen molar-refractivity contribution in [3.63, 3.8) is 0 Å². The molecule has 1 atom stereocenters. The topological polar surface area (TPSA) is 21.3 Å². The molecule has 2 nitrogen and oxygen atoms in total. The zero-order valence-corrected chi connectivity index (χ0v) is 11.2. The zero-order valence-electron chi connectivity index (χ0n) is 9.66. The van der Waals surface area contributed by atoms with Crippen molar-refractivity contribution in [2.24, 2.45) is 0 Å². The van der Waals surface area contributed by atoms with E-state index in [-0.39, 0.29) is 0 Å². The average Bonchev–Trinajstić information content (AvgIpc) is 2.94. The highest BCUT2D eigenvalue weighted by Crippen LogP contribution is 2.31.